The van der Waals surface area contributed by atoms with Gasteiger partial charge in [-0.15, -0.1) is 0 Å². The number of carbonyl (C=O) groups is 3. The fourth-order valence-electron chi connectivity index (χ4n) is 2.20. The first-order valence-corrected chi connectivity index (χ1v) is 6.22. The summed E-state index contributed by atoms with van der Waals surface area (Å²) in [5.41, 5.74) is -0.528. The van der Waals surface area contributed by atoms with Gasteiger partial charge in [-0.2, -0.15) is 0 Å². The van der Waals surface area contributed by atoms with Crippen molar-refractivity contribution in [2.24, 2.45) is 11.8 Å². The Hall–Kier alpha value is -1.39. The lowest BCUT2D eigenvalue weighted by atomic mass is 9.91. The zero-order valence-electron chi connectivity index (χ0n) is 11.2. The summed E-state index contributed by atoms with van der Waals surface area (Å²) in [6, 6.07) is 0. The summed E-state index contributed by atoms with van der Waals surface area (Å²) in [5.74, 6) is 0.139. The Morgan fingerprint density at radius 3 is 1.94 bits per heavy atom. The maximum Gasteiger partial charge on any atom is 0.410 e. The average molecular weight is 255 g/mol. The molecule has 2 unspecified atom stereocenters. The van der Waals surface area contributed by atoms with Crippen molar-refractivity contribution in [1.82, 2.24) is 4.90 Å². The van der Waals surface area contributed by atoms with E-state index in [0.717, 1.165) is 12.6 Å². The van der Waals surface area contributed by atoms with E-state index in [9.17, 15) is 14.4 Å². The van der Waals surface area contributed by atoms with E-state index in [1.165, 1.54) is 0 Å². The predicted molar refractivity (Wildman–Crippen MR) is 66.1 cm³/mol. The third kappa shape index (κ3) is 4.13. The number of hydrogen-bond donors (Lipinski definition) is 0. The van der Waals surface area contributed by atoms with Crippen molar-refractivity contribution in [3.05, 3.63) is 0 Å². The molecule has 1 rings (SSSR count). The molecule has 0 aromatic rings. The third-order valence-corrected chi connectivity index (χ3v) is 3.03. The van der Waals surface area contributed by atoms with Crippen LogP contribution in [0.3, 0.4) is 0 Å². The highest BCUT2D eigenvalue weighted by molar-refractivity contribution is 5.69. The van der Waals surface area contributed by atoms with E-state index in [1.807, 2.05) is 20.8 Å². The molecule has 1 amide bonds. The highest BCUT2D eigenvalue weighted by Gasteiger charge is 2.36. The minimum Gasteiger partial charge on any atom is -0.444 e. The maximum absolute atomic E-state index is 11.9. The van der Waals surface area contributed by atoms with Gasteiger partial charge in [-0.3, -0.25) is 0 Å². The lowest BCUT2D eigenvalue weighted by Crippen LogP contribution is -2.35. The molecular formula is C13H21NO4. The van der Waals surface area contributed by atoms with Gasteiger partial charge in [-0.25, -0.2) is 4.79 Å². The molecule has 0 aromatic carbocycles. The van der Waals surface area contributed by atoms with Gasteiger partial charge in [0.15, 0.2) is 0 Å². The number of nitrogens with zero attached hydrogens (tertiary/aromatic N) is 1. The van der Waals surface area contributed by atoms with E-state index in [2.05, 4.69) is 0 Å². The fourth-order valence-corrected chi connectivity index (χ4v) is 2.20. The number of hydrogen-bond acceptors (Lipinski definition) is 4. The second kappa shape index (κ2) is 5.98. The van der Waals surface area contributed by atoms with Crippen molar-refractivity contribution in [1.29, 1.82) is 0 Å². The van der Waals surface area contributed by atoms with Gasteiger partial charge in [0.05, 0.1) is 0 Å². The Bertz CT molecular complexity index is 303. The van der Waals surface area contributed by atoms with Gasteiger partial charge in [0.1, 0.15) is 18.2 Å². The van der Waals surface area contributed by atoms with Crippen LogP contribution in [-0.4, -0.2) is 42.3 Å². The third-order valence-electron chi connectivity index (χ3n) is 3.03. The van der Waals surface area contributed by atoms with Crippen LogP contribution in [0.25, 0.3) is 0 Å². The summed E-state index contributed by atoms with van der Waals surface area (Å²) in [4.78, 5) is 34.7. The van der Waals surface area contributed by atoms with Crippen LogP contribution in [-0.2, 0) is 14.3 Å². The Morgan fingerprint density at radius 1 is 1.17 bits per heavy atom. The zero-order chi connectivity index (χ0) is 13.8. The molecule has 18 heavy (non-hydrogen) atoms. The van der Waals surface area contributed by atoms with Crippen molar-refractivity contribution in [3.8, 4) is 0 Å². The highest BCUT2D eigenvalue weighted by atomic mass is 16.6. The van der Waals surface area contributed by atoms with Crippen LogP contribution >= 0.6 is 0 Å². The van der Waals surface area contributed by atoms with Crippen LogP contribution in [0.5, 0.6) is 0 Å². The molecule has 0 bridgehead atoms. The summed E-state index contributed by atoms with van der Waals surface area (Å²) in [7, 11) is 0. The molecular weight excluding hydrogens is 234 g/mol. The van der Waals surface area contributed by atoms with E-state index in [1.54, 1.807) is 4.90 Å². The summed E-state index contributed by atoms with van der Waals surface area (Å²) in [5, 5.41) is 0. The lowest BCUT2D eigenvalue weighted by molar-refractivity contribution is -0.110. The van der Waals surface area contributed by atoms with Gasteiger partial charge in [0.2, 0.25) is 0 Å². The van der Waals surface area contributed by atoms with Crippen LogP contribution in [0.15, 0.2) is 0 Å². The normalized spacial score (nSPS) is 23.8. The second-order valence-corrected chi connectivity index (χ2v) is 5.71. The van der Waals surface area contributed by atoms with Crippen LogP contribution in [0.1, 0.15) is 33.6 Å². The van der Waals surface area contributed by atoms with Gasteiger partial charge in [-0.1, -0.05) is 0 Å². The van der Waals surface area contributed by atoms with Crippen molar-refractivity contribution >= 4 is 18.7 Å². The molecule has 102 valence electrons. The number of amides is 1. The molecule has 0 saturated carbocycles. The molecule has 1 heterocycles. The van der Waals surface area contributed by atoms with E-state index >= 15 is 0 Å². The molecule has 5 heteroatoms. The first-order chi connectivity index (χ1) is 8.37. The molecule has 5 nitrogen and oxygen atoms in total. The van der Waals surface area contributed by atoms with E-state index in [-0.39, 0.29) is 17.9 Å². The second-order valence-electron chi connectivity index (χ2n) is 5.71. The molecule has 1 aliphatic rings. The number of carbonyl (C=O) groups excluding carboxylic acids is 3. The molecule has 1 aliphatic heterocycles. The monoisotopic (exact) mass is 255 g/mol. The fraction of sp³-hybridized carbons (Fsp3) is 0.769. The predicted octanol–water partition coefficient (Wildman–Crippen LogP) is 1.65. The molecule has 1 fully saturated rings. The van der Waals surface area contributed by atoms with Crippen LogP contribution in [0.2, 0.25) is 0 Å². The lowest BCUT2D eigenvalue weighted by Gasteiger charge is -2.24. The first kappa shape index (κ1) is 14.7. The Morgan fingerprint density at radius 2 is 1.61 bits per heavy atom. The average Bonchev–Trinajstić information content (AvgIpc) is 2.61. The van der Waals surface area contributed by atoms with Crippen molar-refractivity contribution < 1.29 is 19.1 Å². The highest BCUT2D eigenvalue weighted by Crippen LogP contribution is 2.28. The topological polar surface area (TPSA) is 63.7 Å². The zero-order valence-corrected chi connectivity index (χ0v) is 11.2. The molecule has 0 aromatic heterocycles. The molecule has 2 atom stereocenters. The summed E-state index contributed by atoms with van der Waals surface area (Å²) in [6.07, 6.45) is 2.10. The van der Waals surface area contributed by atoms with E-state index < -0.39 is 5.60 Å². The number of ether oxygens (including phenoxy) is 1. The van der Waals surface area contributed by atoms with E-state index in [4.69, 9.17) is 4.74 Å². The number of likely N-dealkylation sites (tertiary alicyclic amines) is 1. The SMILES string of the molecule is CC(C)(C)OC(=O)N1CC(CC=O)C(CC=O)C1. The van der Waals surface area contributed by atoms with Gasteiger partial charge >= 0.3 is 6.09 Å². The van der Waals surface area contributed by atoms with Crippen molar-refractivity contribution in [2.75, 3.05) is 13.1 Å². The van der Waals surface area contributed by atoms with Crippen LogP contribution in [0.4, 0.5) is 4.79 Å². The smallest absolute Gasteiger partial charge is 0.410 e. The van der Waals surface area contributed by atoms with Crippen LogP contribution in [0, 0.1) is 11.8 Å². The number of rotatable bonds is 4. The molecule has 0 aliphatic carbocycles. The Kier molecular flexibility index (Phi) is 4.87. The standard InChI is InChI=1S/C13H21NO4/c1-13(2,3)18-12(17)14-8-10(4-6-15)11(9-14)5-7-16/h6-7,10-11H,4-5,8-9H2,1-3H3. The van der Waals surface area contributed by atoms with Gasteiger partial charge in [0, 0.05) is 25.9 Å². The van der Waals surface area contributed by atoms with E-state index in [0.29, 0.717) is 25.9 Å². The minimum absolute atomic E-state index is 0.0696. The minimum atomic E-state index is -0.528. The van der Waals surface area contributed by atoms with Gasteiger partial charge in [0.25, 0.3) is 0 Å². The molecule has 0 spiro atoms. The molecule has 0 radical (unpaired) electrons. The largest absolute Gasteiger partial charge is 0.444 e. The number of aldehydes is 2. The van der Waals surface area contributed by atoms with Crippen molar-refractivity contribution in [3.63, 3.8) is 0 Å². The molecule has 0 N–H and O–H groups in total. The Labute approximate surface area is 107 Å². The van der Waals surface area contributed by atoms with Gasteiger partial charge in [-0.05, 0) is 32.6 Å². The Balaban J connectivity index is 2.62. The molecule has 1 saturated heterocycles. The summed E-state index contributed by atoms with van der Waals surface area (Å²) < 4.78 is 5.28. The summed E-state index contributed by atoms with van der Waals surface area (Å²) >= 11 is 0. The maximum atomic E-state index is 11.9. The first-order valence-electron chi connectivity index (χ1n) is 6.22. The summed E-state index contributed by atoms with van der Waals surface area (Å²) in [6.45, 7) is 6.42. The van der Waals surface area contributed by atoms with Crippen molar-refractivity contribution in [2.45, 2.75) is 39.2 Å². The quantitative estimate of drug-likeness (QED) is 0.716. The van der Waals surface area contributed by atoms with Gasteiger partial charge < -0.3 is 19.2 Å². The van der Waals surface area contributed by atoms with Crippen LogP contribution < -0.4 is 0 Å².